The summed E-state index contributed by atoms with van der Waals surface area (Å²) in [5.74, 6) is 1.55. The Labute approximate surface area is 222 Å². The van der Waals surface area contributed by atoms with Crippen LogP contribution in [0.4, 0.5) is 5.82 Å². The van der Waals surface area contributed by atoms with Crippen LogP contribution >= 0.6 is 0 Å². The molecular formula is C27H27N7O5. The van der Waals surface area contributed by atoms with Gasteiger partial charge in [-0.1, -0.05) is 42.5 Å². The number of anilines is 1. The molecule has 3 aromatic heterocycles. The first-order valence-corrected chi connectivity index (χ1v) is 12.4. The molecule has 6 rings (SSSR count). The van der Waals surface area contributed by atoms with Gasteiger partial charge in [0.15, 0.2) is 29.0 Å². The summed E-state index contributed by atoms with van der Waals surface area (Å²) in [4.78, 5) is 14.1. The number of ether oxygens (including phenoxy) is 2. The summed E-state index contributed by atoms with van der Waals surface area (Å²) in [6.45, 7) is 0.0479. The van der Waals surface area contributed by atoms with Gasteiger partial charge in [-0.2, -0.15) is 5.10 Å². The zero-order valence-electron chi connectivity index (χ0n) is 21.0. The number of aliphatic hydroxyl groups is 3. The van der Waals surface area contributed by atoms with E-state index in [9.17, 15) is 15.3 Å². The highest BCUT2D eigenvalue weighted by atomic mass is 16.6. The van der Waals surface area contributed by atoms with Crippen molar-refractivity contribution in [2.75, 3.05) is 19.0 Å². The van der Waals surface area contributed by atoms with Crippen molar-refractivity contribution >= 4 is 17.0 Å². The molecule has 0 aliphatic carbocycles. The van der Waals surface area contributed by atoms with Gasteiger partial charge in [-0.05, 0) is 23.3 Å². The number of methoxy groups -OCH3 is 1. The molecule has 1 aliphatic rings. The third-order valence-corrected chi connectivity index (χ3v) is 6.78. The predicted octanol–water partition coefficient (Wildman–Crippen LogP) is 2.12. The zero-order valence-corrected chi connectivity index (χ0v) is 21.0. The minimum atomic E-state index is -1.29. The van der Waals surface area contributed by atoms with Crippen LogP contribution in [0.2, 0.25) is 0 Å². The molecular weight excluding hydrogens is 502 g/mol. The minimum Gasteiger partial charge on any atom is -0.497 e. The molecule has 1 saturated heterocycles. The van der Waals surface area contributed by atoms with Crippen LogP contribution in [-0.2, 0) is 11.3 Å². The second-order valence-corrected chi connectivity index (χ2v) is 9.18. The predicted molar refractivity (Wildman–Crippen MR) is 142 cm³/mol. The zero-order chi connectivity index (χ0) is 26.9. The maximum atomic E-state index is 10.7. The molecule has 0 saturated carbocycles. The summed E-state index contributed by atoms with van der Waals surface area (Å²) in [6.07, 6.45) is -1.31. The van der Waals surface area contributed by atoms with Crippen LogP contribution in [0.5, 0.6) is 5.75 Å². The average Bonchev–Trinajstić information content (AvgIpc) is 3.70. The topological polar surface area (TPSA) is 163 Å². The maximum absolute atomic E-state index is 10.7. The highest BCUT2D eigenvalue weighted by Gasteiger charge is 2.44. The van der Waals surface area contributed by atoms with Gasteiger partial charge in [0.25, 0.3) is 0 Å². The quantitative estimate of drug-likeness (QED) is 0.201. The van der Waals surface area contributed by atoms with Crippen LogP contribution < -0.4 is 10.1 Å². The molecule has 5 N–H and O–H groups in total. The lowest BCUT2D eigenvalue weighted by atomic mass is 10.1. The summed E-state index contributed by atoms with van der Waals surface area (Å²) < 4.78 is 12.6. The van der Waals surface area contributed by atoms with Gasteiger partial charge in [0.2, 0.25) is 0 Å². The highest BCUT2D eigenvalue weighted by molar-refractivity contribution is 5.87. The van der Waals surface area contributed by atoms with E-state index in [1.807, 2.05) is 54.6 Å². The molecule has 39 heavy (non-hydrogen) atoms. The van der Waals surface area contributed by atoms with Crippen molar-refractivity contribution < 1.29 is 24.8 Å². The Kier molecular flexibility index (Phi) is 6.67. The van der Waals surface area contributed by atoms with Crippen molar-refractivity contribution in [3.63, 3.8) is 0 Å². The molecule has 0 radical (unpaired) electrons. The first-order chi connectivity index (χ1) is 19.1. The fourth-order valence-electron chi connectivity index (χ4n) is 4.68. The lowest BCUT2D eigenvalue weighted by Crippen LogP contribution is -2.33. The lowest BCUT2D eigenvalue weighted by molar-refractivity contribution is -0.0511. The molecule has 0 amide bonds. The Morgan fingerprint density at radius 2 is 1.85 bits per heavy atom. The van der Waals surface area contributed by atoms with Crippen molar-refractivity contribution in [1.29, 1.82) is 0 Å². The van der Waals surface area contributed by atoms with Gasteiger partial charge in [0, 0.05) is 12.1 Å². The number of benzene rings is 2. The minimum absolute atomic E-state index is 0.342. The first-order valence-electron chi connectivity index (χ1n) is 12.4. The van der Waals surface area contributed by atoms with Crippen molar-refractivity contribution in [3.8, 4) is 28.4 Å². The van der Waals surface area contributed by atoms with Crippen LogP contribution in [0, 0.1) is 0 Å². The summed E-state index contributed by atoms with van der Waals surface area (Å²) in [5, 5.41) is 41.2. The van der Waals surface area contributed by atoms with E-state index < -0.39 is 31.1 Å². The molecule has 2 aromatic carbocycles. The number of H-pyrrole nitrogens is 1. The van der Waals surface area contributed by atoms with E-state index in [1.54, 1.807) is 17.9 Å². The number of hydrogen-bond donors (Lipinski definition) is 5. The summed E-state index contributed by atoms with van der Waals surface area (Å²) >= 11 is 0. The van der Waals surface area contributed by atoms with Gasteiger partial charge in [-0.3, -0.25) is 9.67 Å². The van der Waals surface area contributed by atoms with E-state index in [2.05, 4.69) is 20.5 Å². The smallest absolute Gasteiger partial charge is 0.182 e. The number of aliphatic hydroxyl groups excluding tert-OH is 3. The Morgan fingerprint density at radius 1 is 1.05 bits per heavy atom. The number of fused-ring (bicyclic) bond motifs is 1. The number of aromatic amines is 1. The second kappa shape index (κ2) is 10.4. The van der Waals surface area contributed by atoms with Crippen LogP contribution in [-0.4, -0.2) is 77.1 Å². The van der Waals surface area contributed by atoms with Gasteiger partial charge < -0.3 is 30.1 Å². The van der Waals surface area contributed by atoms with Crippen molar-refractivity contribution in [2.24, 2.45) is 0 Å². The van der Waals surface area contributed by atoms with Crippen molar-refractivity contribution in [2.45, 2.75) is 31.1 Å². The van der Waals surface area contributed by atoms with E-state index in [1.165, 1.54) is 6.33 Å². The first kappa shape index (κ1) is 24.9. The van der Waals surface area contributed by atoms with Crippen LogP contribution in [0.25, 0.3) is 33.8 Å². The third-order valence-electron chi connectivity index (χ3n) is 6.78. The molecule has 12 nitrogen and oxygen atoms in total. The normalized spacial score (nSPS) is 20.9. The van der Waals surface area contributed by atoms with Crippen LogP contribution in [0.3, 0.4) is 0 Å². The Hall–Kier alpha value is -4.36. The fourth-order valence-corrected chi connectivity index (χ4v) is 4.68. The van der Waals surface area contributed by atoms with E-state index in [0.717, 1.165) is 22.4 Å². The molecule has 200 valence electrons. The molecule has 0 bridgehead atoms. The SMILES string of the molecule is COc1ccc(-c2cn[nH]c2-c2nc(NCc3ccccc3)c3ncn([C@@H]4O[C@H](CO)[C@@H](O)[C@H]4O)c3n2)cc1. The number of nitrogens with zero attached hydrogens (tertiary/aromatic N) is 5. The Morgan fingerprint density at radius 3 is 2.56 bits per heavy atom. The molecule has 1 aliphatic heterocycles. The summed E-state index contributed by atoms with van der Waals surface area (Å²) in [5.41, 5.74) is 4.13. The average molecular weight is 530 g/mol. The van der Waals surface area contributed by atoms with Gasteiger partial charge in [-0.15, -0.1) is 0 Å². The van der Waals surface area contributed by atoms with Gasteiger partial charge >= 0.3 is 0 Å². The number of imidazole rings is 1. The van der Waals surface area contributed by atoms with Crippen molar-refractivity contribution in [3.05, 3.63) is 72.7 Å². The standard InChI is InChI=1S/C27H27N7O5/c1-38-17-9-7-16(8-10-17)18-12-30-33-20(18)25-31-24(28-11-15-5-3-2-4-6-15)21-26(32-25)34(14-29-21)27-23(37)22(36)19(13-35)39-27/h2-10,12,14,19,22-23,27,35-37H,11,13H2,1H3,(H,30,33)(H,28,31,32)/t19-,22-,23-,27-/m1/s1. The summed E-state index contributed by atoms with van der Waals surface area (Å²) in [6, 6.07) is 17.4. The lowest BCUT2D eigenvalue weighted by Gasteiger charge is -2.17. The highest BCUT2D eigenvalue weighted by Crippen LogP contribution is 2.35. The van der Waals surface area contributed by atoms with Crippen LogP contribution in [0.1, 0.15) is 11.8 Å². The largest absolute Gasteiger partial charge is 0.497 e. The van der Waals surface area contributed by atoms with Gasteiger partial charge in [-0.25, -0.2) is 15.0 Å². The van der Waals surface area contributed by atoms with E-state index >= 15 is 0 Å². The van der Waals surface area contributed by atoms with Gasteiger partial charge in [0.1, 0.15) is 29.8 Å². The molecule has 4 atom stereocenters. The van der Waals surface area contributed by atoms with E-state index in [4.69, 9.17) is 19.4 Å². The third kappa shape index (κ3) is 4.59. The maximum Gasteiger partial charge on any atom is 0.182 e. The number of rotatable bonds is 8. The Balaban J connectivity index is 1.45. The van der Waals surface area contributed by atoms with Crippen LogP contribution in [0.15, 0.2) is 67.1 Å². The molecule has 4 heterocycles. The Bertz CT molecular complexity index is 1570. The molecule has 0 unspecified atom stereocenters. The van der Waals surface area contributed by atoms with E-state index in [-0.39, 0.29) is 0 Å². The number of aromatic nitrogens is 6. The second-order valence-electron chi connectivity index (χ2n) is 9.18. The monoisotopic (exact) mass is 529 g/mol. The number of nitrogens with one attached hydrogen (secondary N) is 2. The van der Waals surface area contributed by atoms with E-state index in [0.29, 0.717) is 35.0 Å². The van der Waals surface area contributed by atoms with Gasteiger partial charge in [0.05, 0.1) is 26.2 Å². The molecule has 5 aromatic rings. The molecule has 0 spiro atoms. The van der Waals surface area contributed by atoms with Crippen molar-refractivity contribution in [1.82, 2.24) is 29.7 Å². The molecule has 12 heteroatoms. The fraction of sp³-hybridized carbons (Fsp3) is 0.259. The molecule has 1 fully saturated rings. The summed E-state index contributed by atoms with van der Waals surface area (Å²) in [7, 11) is 1.61. The number of hydrogen-bond acceptors (Lipinski definition) is 10.